The second kappa shape index (κ2) is 7.39. The van der Waals surface area contributed by atoms with E-state index in [1.807, 2.05) is 6.07 Å². The van der Waals surface area contributed by atoms with Crippen LogP contribution in [0.1, 0.15) is 51.1 Å². The highest BCUT2D eigenvalue weighted by molar-refractivity contribution is 5.44. The van der Waals surface area contributed by atoms with Crippen molar-refractivity contribution in [3.63, 3.8) is 0 Å². The smallest absolute Gasteiger partial charge is 0.161 e. The van der Waals surface area contributed by atoms with Crippen molar-refractivity contribution in [2.24, 2.45) is 0 Å². The van der Waals surface area contributed by atoms with Crippen molar-refractivity contribution in [1.29, 1.82) is 0 Å². The molecule has 0 aromatic heterocycles. The number of hydrogen-bond donors (Lipinski definition) is 1. The van der Waals surface area contributed by atoms with E-state index in [0.29, 0.717) is 19.3 Å². The fraction of sp³-hybridized carbons (Fsp3) is 0.625. The quantitative estimate of drug-likeness (QED) is 0.814. The first-order valence-corrected chi connectivity index (χ1v) is 7.48. The van der Waals surface area contributed by atoms with Gasteiger partial charge in [0.25, 0.3) is 0 Å². The summed E-state index contributed by atoms with van der Waals surface area (Å²) in [5.41, 5.74) is 1.31. The lowest BCUT2D eigenvalue weighted by atomic mass is 10.0. The van der Waals surface area contributed by atoms with Crippen LogP contribution in [0.3, 0.4) is 0 Å². The number of fused-ring (bicyclic) bond motifs is 1. The third kappa shape index (κ3) is 3.87. The van der Waals surface area contributed by atoms with Gasteiger partial charge >= 0.3 is 0 Å². The average molecular weight is 263 g/mol. The summed E-state index contributed by atoms with van der Waals surface area (Å²) in [6.45, 7) is 6.80. The van der Waals surface area contributed by atoms with Crippen LogP contribution in [0, 0.1) is 0 Å². The van der Waals surface area contributed by atoms with Crippen molar-refractivity contribution in [3.8, 4) is 11.5 Å². The van der Waals surface area contributed by atoms with Gasteiger partial charge in [0.1, 0.15) is 13.2 Å². The van der Waals surface area contributed by atoms with Gasteiger partial charge in [-0.2, -0.15) is 0 Å². The Morgan fingerprint density at radius 3 is 2.63 bits per heavy atom. The number of hydrogen-bond acceptors (Lipinski definition) is 3. The molecule has 0 bridgehead atoms. The summed E-state index contributed by atoms with van der Waals surface area (Å²) in [5.74, 6) is 1.77. The molecule has 0 saturated heterocycles. The molecule has 1 aliphatic heterocycles. The van der Waals surface area contributed by atoms with Gasteiger partial charge in [0, 0.05) is 6.04 Å². The van der Waals surface area contributed by atoms with Crippen LogP contribution in [0.4, 0.5) is 0 Å². The summed E-state index contributed by atoms with van der Waals surface area (Å²) < 4.78 is 11.2. The number of unbranched alkanes of at least 4 members (excludes halogenated alkanes) is 1. The minimum Gasteiger partial charge on any atom is -0.486 e. The Balaban J connectivity index is 2.10. The second-order valence-corrected chi connectivity index (χ2v) is 5.05. The fourth-order valence-electron chi connectivity index (χ4n) is 2.39. The van der Waals surface area contributed by atoms with Crippen LogP contribution in [-0.4, -0.2) is 19.8 Å². The third-order valence-electron chi connectivity index (χ3n) is 3.46. The molecule has 1 aromatic rings. The van der Waals surface area contributed by atoms with E-state index >= 15 is 0 Å². The van der Waals surface area contributed by atoms with Crippen LogP contribution in [0.25, 0.3) is 0 Å². The van der Waals surface area contributed by atoms with Crippen LogP contribution >= 0.6 is 0 Å². The van der Waals surface area contributed by atoms with E-state index in [-0.39, 0.29) is 0 Å². The van der Waals surface area contributed by atoms with Crippen LogP contribution in [0.2, 0.25) is 0 Å². The van der Waals surface area contributed by atoms with Crippen molar-refractivity contribution >= 4 is 0 Å². The SMILES string of the molecule is CCCCC(NCCC)c1ccc2c(c1)OCCO2. The first kappa shape index (κ1) is 14.2. The molecule has 0 fully saturated rings. The highest BCUT2D eigenvalue weighted by Gasteiger charge is 2.16. The fourth-order valence-corrected chi connectivity index (χ4v) is 2.39. The number of benzene rings is 1. The Labute approximate surface area is 116 Å². The maximum atomic E-state index is 5.67. The largest absolute Gasteiger partial charge is 0.486 e. The molecule has 1 heterocycles. The maximum absolute atomic E-state index is 5.67. The summed E-state index contributed by atoms with van der Waals surface area (Å²) in [4.78, 5) is 0. The predicted molar refractivity (Wildman–Crippen MR) is 78.0 cm³/mol. The lowest BCUT2D eigenvalue weighted by Gasteiger charge is -2.23. The van der Waals surface area contributed by atoms with E-state index in [0.717, 1.165) is 24.5 Å². The van der Waals surface area contributed by atoms with Crippen LogP contribution in [-0.2, 0) is 0 Å². The molecule has 3 heteroatoms. The summed E-state index contributed by atoms with van der Waals surface area (Å²) in [7, 11) is 0. The summed E-state index contributed by atoms with van der Waals surface area (Å²) >= 11 is 0. The highest BCUT2D eigenvalue weighted by atomic mass is 16.6. The van der Waals surface area contributed by atoms with E-state index in [1.165, 1.54) is 24.8 Å². The molecule has 1 aliphatic rings. The zero-order valence-corrected chi connectivity index (χ0v) is 12.1. The molecular formula is C16H25NO2. The molecule has 0 saturated carbocycles. The van der Waals surface area contributed by atoms with Crippen molar-refractivity contribution in [1.82, 2.24) is 5.32 Å². The Hall–Kier alpha value is -1.22. The van der Waals surface area contributed by atoms with E-state index in [9.17, 15) is 0 Å². The first-order chi connectivity index (χ1) is 9.35. The molecule has 106 valence electrons. The van der Waals surface area contributed by atoms with Crippen molar-refractivity contribution in [3.05, 3.63) is 23.8 Å². The monoisotopic (exact) mass is 263 g/mol. The van der Waals surface area contributed by atoms with E-state index in [1.54, 1.807) is 0 Å². The lowest BCUT2D eigenvalue weighted by molar-refractivity contribution is 0.171. The average Bonchev–Trinajstić information content (AvgIpc) is 2.47. The predicted octanol–water partition coefficient (Wildman–Crippen LogP) is 3.69. The molecule has 19 heavy (non-hydrogen) atoms. The first-order valence-electron chi connectivity index (χ1n) is 7.48. The molecule has 2 rings (SSSR count). The van der Waals surface area contributed by atoms with Crippen LogP contribution in [0.5, 0.6) is 11.5 Å². The topological polar surface area (TPSA) is 30.5 Å². The number of nitrogens with one attached hydrogen (secondary N) is 1. The maximum Gasteiger partial charge on any atom is 0.161 e. The van der Waals surface area contributed by atoms with Gasteiger partial charge in [-0.3, -0.25) is 0 Å². The van der Waals surface area contributed by atoms with Gasteiger partial charge in [0.05, 0.1) is 0 Å². The van der Waals surface area contributed by atoms with E-state index < -0.39 is 0 Å². The molecule has 0 radical (unpaired) electrons. The van der Waals surface area contributed by atoms with E-state index in [2.05, 4.69) is 31.3 Å². The zero-order chi connectivity index (χ0) is 13.5. The summed E-state index contributed by atoms with van der Waals surface area (Å²) in [6, 6.07) is 6.76. The molecule has 1 N–H and O–H groups in total. The Bertz CT molecular complexity index is 384. The normalized spacial score (nSPS) is 15.3. The Morgan fingerprint density at radius 1 is 1.11 bits per heavy atom. The summed E-state index contributed by atoms with van der Waals surface area (Å²) in [6.07, 6.45) is 4.81. The van der Waals surface area contributed by atoms with Gasteiger partial charge in [-0.25, -0.2) is 0 Å². The minimum atomic E-state index is 0.427. The van der Waals surface area contributed by atoms with Gasteiger partial charge in [-0.05, 0) is 37.1 Å². The molecule has 1 atom stereocenters. The highest BCUT2D eigenvalue weighted by Crippen LogP contribution is 2.33. The second-order valence-electron chi connectivity index (χ2n) is 5.05. The number of ether oxygens (including phenoxy) is 2. The van der Waals surface area contributed by atoms with Crippen molar-refractivity contribution in [2.75, 3.05) is 19.8 Å². The van der Waals surface area contributed by atoms with Gasteiger partial charge in [0.2, 0.25) is 0 Å². The van der Waals surface area contributed by atoms with Crippen LogP contribution < -0.4 is 14.8 Å². The van der Waals surface area contributed by atoms with Crippen molar-refractivity contribution in [2.45, 2.75) is 45.6 Å². The molecule has 1 unspecified atom stereocenters. The van der Waals surface area contributed by atoms with Gasteiger partial charge in [0.15, 0.2) is 11.5 Å². The van der Waals surface area contributed by atoms with Crippen LogP contribution in [0.15, 0.2) is 18.2 Å². The molecule has 0 amide bonds. The van der Waals surface area contributed by atoms with Gasteiger partial charge in [-0.1, -0.05) is 32.8 Å². The minimum absolute atomic E-state index is 0.427. The zero-order valence-electron chi connectivity index (χ0n) is 12.1. The van der Waals surface area contributed by atoms with Gasteiger partial charge < -0.3 is 14.8 Å². The summed E-state index contributed by atoms with van der Waals surface area (Å²) in [5, 5.41) is 3.63. The molecular weight excluding hydrogens is 238 g/mol. The Morgan fingerprint density at radius 2 is 1.89 bits per heavy atom. The lowest BCUT2D eigenvalue weighted by Crippen LogP contribution is -2.22. The van der Waals surface area contributed by atoms with Gasteiger partial charge in [-0.15, -0.1) is 0 Å². The number of rotatable bonds is 7. The van der Waals surface area contributed by atoms with Crippen molar-refractivity contribution < 1.29 is 9.47 Å². The molecule has 1 aromatic carbocycles. The Kier molecular flexibility index (Phi) is 5.52. The standard InChI is InChI=1S/C16H25NO2/c1-3-5-6-14(17-9-4-2)13-7-8-15-16(12-13)19-11-10-18-15/h7-8,12,14,17H,3-6,9-11H2,1-2H3. The third-order valence-corrected chi connectivity index (χ3v) is 3.46. The molecule has 0 aliphatic carbocycles. The van der Waals surface area contributed by atoms with E-state index in [4.69, 9.17) is 9.47 Å². The molecule has 0 spiro atoms. The molecule has 3 nitrogen and oxygen atoms in total.